The zero-order chi connectivity index (χ0) is 17.8. The van der Waals surface area contributed by atoms with Crippen LogP contribution in [0.1, 0.15) is 27.7 Å². The third-order valence-electron chi connectivity index (χ3n) is 3.11. The Morgan fingerprint density at radius 1 is 1.35 bits per heavy atom. The van der Waals surface area contributed by atoms with Gasteiger partial charge in [0.15, 0.2) is 17.6 Å². The van der Waals surface area contributed by atoms with E-state index in [2.05, 4.69) is 5.32 Å². The molecule has 1 aliphatic rings. The minimum absolute atomic E-state index is 0.000752. The second kappa shape index (κ2) is 7.98. The molecule has 1 aliphatic heterocycles. The monoisotopic (exact) mass is 349 g/mol. The summed E-state index contributed by atoms with van der Waals surface area (Å²) >= 11 is 1.59. The average Bonchev–Trinajstić information content (AvgIpc) is 2.42. The largest absolute Gasteiger partial charge is 0.506 e. The van der Waals surface area contributed by atoms with E-state index in [1.165, 1.54) is 6.92 Å². The van der Waals surface area contributed by atoms with Gasteiger partial charge in [0.25, 0.3) is 0 Å². The molecule has 132 valence electrons. The quantitative estimate of drug-likeness (QED) is 0.525. The SMILES string of the molecule is CC(=O)NC1C(O)=C(O)C(CO)O[C@H]1[N+](=O)CCSC(C)(C)C. The van der Waals surface area contributed by atoms with Crippen LogP contribution in [0.5, 0.6) is 0 Å². The fourth-order valence-electron chi connectivity index (χ4n) is 2.06. The number of carbonyl (C=O) groups is 1. The van der Waals surface area contributed by atoms with Crippen LogP contribution in [-0.4, -0.2) is 68.0 Å². The van der Waals surface area contributed by atoms with Gasteiger partial charge >= 0.3 is 6.23 Å². The van der Waals surface area contributed by atoms with Crippen molar-refractivity contribution in [1.29, 1.82) is 0 Å². The number of hydrogen-bond acceptors (Lipinski definition) is 7. The number of ether oxygens (including phenoxy) is 1. The first-order valence-electron chi connectivity index (χ1n) is 7.30. The number of nitrogens with one attached hydrogen (secondary N) is 1. The van der Waals surface area contributed by atoms with Crippen LogP contribution in [0.4, 0.5) is 0 Å². The van der Waals surface area contributed by atoms with Gasteiger partial charge < -0.3 is 25.4 Å². The lowest BCUT2D eigenvalue weighted by Crippen LogP contribution is -2.55. The third-order valence-corrected chi connectivity index (χ3v) is 4.36. The van der Waals surface area contributed by atoms with Crippen molar-refractivity contribution in [2.75, 3.05) is 18.9 Å². The lowest BCUT2D eigenvalue weighted by Gasteiger charge is -2.30. The van der Waals surface area contributed by atoms with Crippen LogP contribution in [-0.2, 0) is 9.53 Å². The molecule has 0 saturated carbocycles. The number of amides is 1. The van der Waals surface area contributed by atoms with Crippen LogP contribution in [0.25, 0.3) is 0 Å². The Hall–Kier alpha value is -1.32. The Morgan fingerprint density at radius 2 is 1.96 bits per heavy atom. The van der Waals surface area contributed by atoms with Gasteiger partial charge in [0.05, 0.1) is 12.4 Å². The van der Waals surface area contributed by atoms with E-state index in [9.17, 15) is 25.0 Å². The van der Waals surface area contributed by atoms with E-state index in [-0.39, 0.29) is 11.3 Å². The summed E-state index contributed by atoms with van der Waals surface area (Å²) in [5, 5.41) is 31.4. The maximum atomic E-state index is 12.3. The first kappa shape index (κ1) is 19.7. The molecule has 0 aromatic heterocycles. The third kappa shape index (κ3) is 5.67. The molecule has 0 saturated heterocycles. The van der Waals surface area contributed by atoms with E-state index < -0.39 is 42.4 Å². The fraction of sp³-hybridized carbons (Fsp3) is 0.786. The molecule has 0 aromatic rings. The van der Waals surface area contributed by atoms with E-state index in [0.717, 1.165) is 0 Å². The van der Waals surface area contributed by atoms with Gasteiger partial charge in [0.2, 0.25) is 12.5 Å². The Morgan fingerprint density at radius 3 is 2.43 bits per heavy atom. The highest BCUT2D eigenvalue weighted by atomic mass is 32.2. The van der Waals surface area contributed by atoms with E-state index in [1.54, 1.807) is 11.8 Å². The van der Waals surface area contributed by atoms with Gasteiger partial charge in [-0.2, -0.15) is 0 Å². The van der Waals surface area contributed by atoms with Gasteiger partial charge in [-0.3, -0.25) is 4.79 Å². The minimum atomic E-state index is -1.23. The number of aliphatic hydroxyl groups excluding tert-OH is 3. The summed E-state index contributed by atoms with van der Waals surface area (Å²) < 4.78 is 5.95. The first-order chi connectivity index (χ1) is 10.6. The van der Waals surface area contributed by atoms with E-state index in [1.807, 2.05) is 20.8 Å². The number of hydrogen-bond donors (Lipinski definition) is 4. The summed E-state index contributed by atoms with van der Waals surface area (Å²) in [6, 6.07) is -1.19. The highest BCUT2D eigenvalue weighted by molar-refractivity contribution is 8.00. The lowest BCUT2D eigenvalue weighted by molar-refractivity contribution is -0.635. The molecule has 8 nitrogen and oxygen atoms in total. The number of aliphatic hydroxyl groups is 3. The zero-order valence-electron chi connectivity index (χ0n) is 13.8. The van der Waals surface area contributed by atoms with Crippen LogP contribution < -0.4 is 5.32 Å². The maximum absolute atomic E-state index is 12.3. The zero-order valence-corrected chi connectivity index (χ0v) is 14.6. The second-order valence-corrected chi connectivity index (χ2v) is 8.17. The van der Waals surface area contributed by atoms with E-state index in [0.29, 0.717) is 10.5 Å². The van der Waals surface area contributed by atoms with Crippen LogP contribution in [0.15, 0.2) is 11.5 Å². The van der Waals surface area contributed by atoms with Gasteiger partial charge in [0.1, 0.15) is 6.10 Å². The molecule has 9 heteroatoms. The highest BCUT2D eigenvalue weighted by Gasteiger charge is 2.47. The second-order valence-electron chi connectivity index (χ2n) is 6.25. The van der Waals surface area contributed by atoms with Crippen LogP contribution in [0.2, 0.25) is 0 Å². The summed E-state index contributed by atoms with van der Waals surface area (Å²) in [4.78, 5) is 23.6. The normalized spacial score (nSPS) is 25.3. The summed E-state index contributed by atoms with van der Waals surface area (Å²) in [7, 11) is 0. The number of nitroso groups, excluding NO2 is 1. The van der Waals surface area contributed by atoms with Crippen molar-refractivity contribution >= 4 is 17.7 Å². The van der Waals surface area contributed by atoms with Gasteiger partial charge in [-0.25, -0.2) is 0 Å². The fourth-order valence-corrected chi connectivity index (χ4v) is 2.95. The summed E-state index contributed by atoms with van der Waals surface area (Å²) in [5.41, 5.74) is 0. The molecule has 4 N–H and O–H groups in total. The number of rotatable bonds is 6. The Balaban J connectivity index is 2.87. The standard InChI is InChI=1S/C14H24N2O6S/c1-8(18)15-10-12(20)11(19)9(7-17)22-13(10)16(21)5-6-23-14(2,3)4/h9-10,13,17H,5-7H2,1-4H3,(H2-,15,18,19,20)/p+1/t9?,10?,13-/m1/s1. The molecule has 0 spiro atoms. The van der Waals surface area contributed by atoms with Gasteiger partial charge in [-0.1, -0.05) is 20.8 Å². The van der Waals surface area contributed by atoms with Crippen molar-refractivity contribution in [2.45, 2.75) is 50.8 Å². The topological polar surface area (TPSA) is 119 Å². The van der Waals surface area contributed by atoms with E-state index in [4.69, 9.17) is 4.74 Å². The van der Waals surface area contributed by atoms with Crippen LogP contribution >= 0.6 is 11.8 Å². The minimum Gasteiger partial charge on any atom is -0.506 e. The summed E-state index contributed by atoms with van der Waals surface area (Å²) in [6.07, 6.45) is -2.43. The first-order valence-corrected chi connectivity index (χ1v) is 8.28. The van der Waals surface area contributed by atoms with Crippen LogP contribution in [0, 0.1) is 4.91 Å². The highest BCUT2D eigenvalue weighted by Crippen LogP contribution is 2.26. The van der Waals surface area contributed by atoms with Crippen molar-refractivity contribution in [3.63, 3.8) is 0 Å². The molecular formula is C14H25N2O6S+. The average molecular weight is 349 g/mol. The molecule has 0 bridgehead atoms. The number of thioether (sulfide) groups is 1. The van der Waals surface area contributed by atoms with Gasteiger partial charge in [-0.05, 0) is 0 Å². The lowest BCUT2D eigenvalue weighted by atomic mass is 10.1. The molecule has 3 atom stereocenters. The number of carbonyl (C=O) groups excluding carboxylic acids is 1. The Labute approximate surface area is 139 Å². The predicted molar refractivity (Wildman–Crippen MR) is 86.3 cm³/mol. The van der Waals surface area contributed by atoms with E-state index >= 15 is 0 Å². The molecular weight excluding hydrogens is 324 g/mol. The Kier molecular flexibility index (Phi) is 6.84. The molecule has 0 aromatic carbocycles. The number of nitrogens with zero attached hydrogens (tertiary/aromatic N) is 1. The molecule has 1 heterocycles. The van der Waals surface area contributed by atoms with Gasteiger partial charge in [0, 0.05) is 21.3 Å². The Bertz CT molecular complexity index is 488. The molecule has 0 radical (unpaired) electrons. The van der Waals surface area contributed by atoms with Crippen molar-refractivity contribution in [3.8, 4) is 0 Å². The van der Waals surface area contributed by atoms with Crippen molar-refractivity contribution in [2.24, 2.45) is 0 Å². The molecule has 0 aliphatic carbocycles. The smallest absolute Gasteiger partial charge is 0.333 e. The molecule has 0 fully saturated rings. The molecule has 1 rings (SSSR count). The van der Waals surface area contributed by atoms with Crippen molar-refractivity contribution in [1.82, 2.24) is 5.32 Å². The summed E-state index contributed by atoms with van der Waals surface area (Å²) in [6.45, 7) is 6.82. The van der Waals surface area contributed by atoms with Crippen molar-refractivity contribution in [3.05, 3.63) is 16.4 Å². The molecule has 2 unspecified atom stereocenters. The summed E-state index contributed by atoms with van der Waals surface area (Å²) in [5.74, 6) is -1.11. The predicted octanol–water partition coefficient (Wildman–Crippen LogP) is 0.847. The van der Waals surface area contributed by atoms with Gasteiger partial charge in [-0.15, -0.1) is 11.8 Å². The molecule has 1 amide bonds. The van der Waals surface area contributed by atoms with Crippen molar-refractivity contribution < 1.29 is 29.6 Å². The van der Waals surface area contributed by atoms with Crippen LogP contribution in [0.3, 0.4) is 0 Å². The molecule has 23 heavy (non-hydrogen) atoms. The maximum Gasteiger partial charge on any atom is 0.333 e.